The van der Waals surface area contributed by atoms with Crippen LogP contribution in [0.25, 0.3) is 0 Å². The van der Waals surface area contributed by atoms with Gasteiger partial charge in [-0.05, 0) is 44.0 Å². The highest BCUT2D eigenvalue weighted by Crippen LogP contribution is 2.18. The lowest BCUT2D eigenvalue weighted by Crippen LogP contribution is -2.38. The Morgan fingerprint density at radius 2 is 1.89 bits per heavy atom. The first-order valence-corrected chi connectivity index (χ1v) is 9.71. The van der Waals surface area contributed by atoms with E-state index >= 15 is 0 Å². The summed E-state index contributed by atoms with van der Waals surface area (Å²) in [5, 5.41) is 9.27. The van der Waals surface area contributed by atoms with Crippen LogP contribution in [0, 0.1) is 0 Å². The standard InChI is InChI=1S/C22H30N4O2/c1-4-24-22(26-16-19-10-6-7-12-20(19)28-5-2)25-14-13-17-9-8-11-18(15-17)21(27)23-3/h6-12,15H,4-5,13-14,16H2,1-3H3,(H,23,27)(H2,24,25,26). The second kappa shape index (κ2) is 11.6. The number of rotatable bonds is 9. The molecule has 0 spiro atoms. The van der Waals surface area contributed by atoms with Gasteiger partial charge in [-0.15, -0.1) is 0 Å². The maximum Gasteiger partial charge on any atom is 0.251 e. The van der Waals surface area contributed by atoms with E-state index in [9.17, 15) is 4.79 Å². The Hall–Kier alpha value is -3.02. The van der Waals surface area contributed by atoms with Gasteiger partial charge in [0.05, 0.1) is 13.2 Å². The van der Waals surface area contributed by atoms with Gasteiger partial charge in [-0.25, -0.2) is 4.99 Å². The Morgan fingerprint density at radius 1 is 1.07 bits per heavy atom. The molecule has 0 aliphatic heterocycles. The number of ether oxygens (including phenoxy) is 1. The van der Waals surface area contributed by atoms with Crippen LogP contribution < -0.4 is 20.7 Å². The molecule has 28 heavy (non-hydrogen) atoms. The van der Waals surface area contributed by atoms with E-state index in [-0.39, 0.29) is 5.91 Å². The lowest BCUT2D eigenvalue weighted by atomic mass is 10.1. The van der Waals surface area contributed by atoms with Crippen molar-refractivity contribution in [3.8, 4) is 5.75 Å². The number of hydrogen-bond acceptors (Lipinski definition) is 3. The fourth-order valence-corrected chi connectivity index (χ4v) is 2.77. The van der Waals surface area contributed by atoms with Crippen LogP contribution in [0.15, 0.2) is 53.5 Å². The molecule has 0 aromatic heterocycles. The quantitative estimate of drug-likeness (QED) is 0.460. The largest absolute Gasteiger partial charge is 0.494 e. The van der Waals surface area contributed by atoms with Crippen molar-refractivity contribution in [3.63, 3.8) is 0 Å². The molecule has 0 saturated carbocycles. The van der Waals surface area contributed by atoms with E-state index in [0.29, 0.717) is 18.7 Å². The summed E-state index contributed by atoms with van der Waals surface area (Å²) in [4.78, 5) is 16.4. The summed E-state index contributed by atoms with van der Waals surface area (Å²) in [5.41, 5.74) is 2.83. The van der Waals surface area contributed by atoms with Crippen LogP contribution in [-0.2, 0) is 13.0 Å². The molecule has 0 unspecified atom stereocenters. The van der Waals surface area contributed by atoms with E-state index in [2.05, 4.69) is 20.9 Å². The Kier molecular flexibility index (Phi) is 8.85. The number of carbonyl (C=O) groups is 1. The van der Waals surface area contributed by atoms with Crippen molar-refractivity contribution in [3.05, 3.63) is 65.2 Å². The highest BCUT2D eigenvalue weighted by atomic mass is 16.5. The van der Waals surface area contributed by atoms with Crippen molar-refractivity contribution in [2.45, 2.75) is 26.8 Å². The summed E-state index contributed by atoms with van der Waals surface area (Å²) >= 11 is 0. The minimum absolute atomic E-state index is 0.0716. The molecule has 0 heterocycles. The lowest BCUT2D eigenvalue weighted by Gasteiger charge is -2.13. The molecule has 150 valence electrons. The van der Waals surface area contributed by atoms with Gasteiger partial charge in [0.25, 0.3) is 5.91 Å². The Balaban J connectivity index is 1.96. The molecule has 2 aromatic carbocycles. The van der Waals surface area contributed by atoms with Crippen LogP contribution >= 0.6 is 0 Å². The third-order valence-electron chi connectivity index (χ3n) is 4.15. The number of nitrogens with zero attached hydrogens (tertiary/aromatic N) is 1. The van der Waals surface area contributed by atoms with Crippen molar-refractivity contribution in [2.24, 2.45) is 4.99 Å². The SMILES string of the molecule is CCNC(=NCc1ccccc1OCC)NCCc1cccc(C(=O)NC)c1. The monoisotopic (exact) mass is 382 g/mol. The summed E-state index contributed by atoms with van der Waals surface area (Å²) in [6.07, 6.45) is 0.796. The first-order chi connectivity index (χ1) is 13.7. The number of guanidine groups is 1. The van der Waals surface area contributed by atoms with Crippen molar-refractivity contribution < 1.29 is 9.53 Å². The molecule has 0 saturated heterocycles. The number of amides is 1. The predicted molar refractivity (Wildman–Crippen MR) is 114 cm³/mol. The Morgan fingerprint density at radius 3 is 2.64 bits per heavy atom. The highest BCUT2D eigenvalue weighted by molar-refractivity contribution is 5.94. The smallest absolute Gasteiger partial charge is 0.251 e. The third-order valence-corrected chi connectivity index (χ3v) is 4.15. The molecule has 0 bridgehead atoms. The number of para-hydroxylation sites is 1. The molecular weight excluding hydrogens is 352 g/mol. The Bertz CT molecular complexity index is 790. The topological polar surface area (TPSA) is 74.8 Å². The van der Waals surface area contributed by atoms with Crippen LogP contribution in [0.2, 0.25) is 0 Å². The molecule has 0 aliphatic rings. The summed E-state index contributed by atoms with van der Waals surface area (Å²) in [7, 11) is 1.64. The number of carbonyl (C=O) groups excluding carboxylic acids is 1. The fourth-order valence-electron chi connectivity index (χ4n) is 2.77. The normalized spacial score (nSPS) is 11.0. The highest BCUT2D eigenvalue weighted by Gasteiger charge is 2.05. The first-order valence-electron chi connectivity index (χ1n) is 9.71. The average molecular weight is 383 g/mol. The zero-order valence-electron chi connectivity index (χ0n) is 16.9. The van der Waals surface area contributed by atoms with E-state index < -0.39 is 0 Å². The van der Waals surface area contributed by atoms with Crippen LogP contribution in [0.5, 0.6) is 5.75 Å². The van der Waals surface area contributed by atoms with Gasteiger partial charge in [-0.2, -0.15) is 0 Å². The molecule has 0 atom stereocenters. The summed E-state index contributed by atoms with van der Waals surface area (Å²) in [6.45, 7) is 6.69. The summed E-state index contributed by atoms with van der Waals surface area (Å²) in [5.74, 6) is 1.56. The predicted octanol–water partition coefficient (Wildman–Crippen LogP) is 2.74. The van der Waals surface area contributed by atoms with Crippen LogP contribution in [0.4, 0.5) is 0 Å². The van der Waals surface area contributed by atoms with E-state index in [1.54, 1.807) is 7.05 Å². The van der Waals surface area contributed by atoms with Crippen LogP contribution in [0.1, 0.15) is 35.3 Å². The van der Waals surface area contributed by atoms with E-state index in [1.807, 2.05) is 62.4 Å². The van der Waals surface area contributed by atoms with Crippen molar-refractivity contribution >= 4 is 11.9 Å². The van der Waals surface area contributed by atoms with Crippen LogP contribution in [-0.4, -0.2) is 38.6 Å². The molecule has 0 fully saturated rings. The Labute approximate surface area is 167 Å². The van der Waals surface area contributed by atoms with Gasteiger partial charge in [0.1, 0.15) is 5.75 Å². The first kappa shape index (κ1) is 21.3. The number of hydrogen-bond donors (Lipinski definition) is 3. The van der Waals surface area contributed by atoms with Gasteiger partial charge in [-0.1, -0.05) is 30.3 Å². The molecule has 6 heteroatoms. The van der Waals surface area contributed by atoms with Gasteiger partial charge < -0.3 is 20.7 Å². The minimum atomic E-state index is -0.0716. The van der Waals surface area contributed by atoms with Gasteiger partial charge in [-0.3, -0.25) is 4.79 Å². The molecule has 1 amide bonds. The fraction of sp³-hybridized carbons (Fsp3) is 0.364. The summed E-state index contributed by atoms with van der Waals surface area (Å²) < 4.78 is 5.67. The second-order valence-corrected chi connectivity index (χ2v) is 6.19. The van der Waals surface area contributed by atoms with Crippen molar-refractivity contribution in [1.29, 1.82) is 0 Å². The molecule has 0 radical (unpaired) electrons. The van der Waals surface area contributed by atoms with E-state index in [1.165, 1.54) is 0 Å². The van der Waals surface area contributed by atoms with E-state index in [4.69, 9.17) is 4.74 Å². The van der Waals surface area contributed by atoms with E-state index in [0.717, 1.165) is 42.3 Å². The lowest BCUT2D eigenvalue weighted by molar-refractivity contribution is 0.0963. The average Bonchev–Trinajstić information content (AvgIpc) is 2.72. The summed E-state index contributed by atoms with van der Waals surface area (Å²) in [6, 6.07) is 15.6. The maximum atomic E-state index is 11.8. The van der Waals surface area contributed by atoms with Gasteiger partial charge in [0.2, 0.25) is 0 Å². The molecular formula is C22H30N4O2. The number of aliphatic imine (C=N–C) groups is 1. The molecule has 6 nitrogen and oxygen atoms in total. The number of benzene rings is 2. The van der Waals surface area contributed by atoms with Crippen molar-refractivity contribution in [2.75, 3.05) is 26.7 Å². The molecule has 2 aromatic rings. The molecule has 2 rings (SSSR count). The minimum Gasteiger partial charge on any atom is -0.494 e. The molecule has 3 N–H and O–H groups in total. The van der Waals surface area contributed by atoms with Gasteiger partial charge in [0, 0.05) is 31.3 Å². The number of nitrogens with one attached hydrogen (secondary N) is 3. The van der Waals surface area contributed by atoms with Crippen molar-refractivity contribution in [1.82, 2.24) is 16.0 Å². The molecule has 0 aliphatic carbocycles. The van der Waals surface area contributed by atoms with Gasteiger partial charge >= 0.3 is 0 Å². The van der Waals surface area contributed by atoms with Crippen LogP contribution in [0.3, 0.4) is 0 Å². The maximum absolute atomic E-state index is 11.8. The third kappa shape index (κ3) is 6.61. The zero-order chi connectivity index (χ0) is 20.2. The second-order valence-electron chi connectivity index (χ2n) is 6.19. The van der Waals surface area contributed by atoms with Gasteiger partial charge in [0.15, 0.2) is 5.96 Å². The zero-order valence-corrected chi connectivity index (χ0v) is 16.9.